The Balaban J connectivity index is 1.62. The fraction of sp³-hybridized carbons (Fsp3) is 0.650. The van der Waals surface area contributed by atoms with E-state index >= 15 is 0 Å². The molecule has 2 amide bonds. The molecule has 1 N–H and O–H groups in total. The molecule has 0 spiro atoms. The first-order chi connectivity index (χ1) is 11.5. The van der Waals surface area contributed by atoms with E-state index in [-0.39, 0.29) is 11.4 Å². The van der Waals surface area contributed by atoms with Gasteiger partial charge in [0.05, 0.1) is 0 Å². The molecule has 1 aromatic rings. The maximum absolute atomic E-state index is 12.7. The molecule has 2 atom stereocenters. The summed E-state index contributed by atoms with van der Waals surface area (Å²) < 4.78 is 5.49. The van der Waals surface area contributed by atoms with Gasteiger partial charge in [0.2, 0.25) is 0 Å². The first kappa shape index (κ1) is 17.3. The highest BCUT2D eigenvalue weighted by atomic mass is 16.5. The predicted molar refractivity (Wildman–Crippen MR) is 96.2 cm³/mol. The van der Waals surface area contributed by atoms with Crippen molar-refractivity contribution >= 4 is 6.03 Å². The Morgan fingerprint density at radius 3 is 2.96 bits per heavy atom. The van der Waals surface area contributed by atoms with Crippen molar-refractivity contribution in [2.24, 2.45) is 11.8 Å². The zero-order valence-corrected chi connectivity index (χ0v) is 15.2. The molecule has 0 aliphatic carbocycles. The molecule has 0 saturated carbocycles. The second-order valence-corrected chi connectivity index (χ2v) is 8.00. The lowest BCUT2D eigenvalue weighted by atomic mass is 9.82. The van der Waals surface area contributed by atoms with Crippen molar-refractivity contribution < 1.29 is 9.53 Å². The van der Waals surface area contributed by atoms with Gasteiger partial charge in [0.1, 0.15) is 0 Å². The lowest BCUT2D eigenvalue weighted by molar-refractivity contribution is 0.0248. The second kappa shape index (κ2) is 7.14. The highest BCUT2D eigenvalue weighted by Crippen LogP contribution is 2.30. The minimum Gasteiger partial charge on any atom is -0.381 e. The van der Waals surface area contributed by atoms with Crippen LogP contribution in [0.4, 0.5) is 4.79 Å². The van der Waals surface area contributed by atoms with Crippen molar-refractivity contribution in [2.45, 2.75) is 39.0 Å². The van der Waals surface area contributed by atoms with E-state index in [0.29, 0.717) is 11.8 Å². The number of rotatable bonds is 2. The molecular formula is C20H30N2O2. The van der Waals surface area contributed by atoms with Crippen LogP contribution in [0.2, 0.25) is 0 Å². The number of carbonyl (C=O) groups is 1. The summed E-state index contributed by atoms with van der Waals surface area (Å²) in [4.78, 5) is 14.7. The summed E-state index contributed by atoms with van der Waals surface area (Å²) >= 11 is 0. The Morgan fingerprint density at radius 1 is 1.38 bits per heavy atom. The van der Waals surface area contributed by atoms with Crippen LogP contribution in [-0.2, 0) is 16.6 Å². The van der Waals surface area contributed by atoms with Crippen molar-refractivity contribution in [1.29, 1.82) is 0 Å². The molecule has 1 saturated heterocycles. The zero-order chi connectivity index (χ0) is 17.2. The number of fused-ring (bicyclic) bond motifs is 1. The minimum absolute atomic E-state index is 0.0175. The zero-order valence-electron chi connectivity index (χ0n) is 15.2. The Kier molecular flexibility index (Phi) is 5.14. The van der Waals surface area contributed by atoms with E-state index in [1.54, 1.807) is 0 Å². The molecular weight excluding hydrogens is 300 g/mol. The van der Waals surface area contributed by atoms with Crippen LogP contribution in [0.1, 0.15) is 38.3 Å². The van der Waals surface area contributed by atoms with Crippen LogP contribution in [-0.4, -0.2) is 43.8 Å². The average molecular weight is 330 g/mol. The summed E-state index contributed by atoms with van der Waals surface area (Å²) in [6.07, 6.45) is 1.97. The largest absolute Gasteiger partial charge is 0.381 e. The van der Waals surface area contributed by atoms with Gasteiger partial charge in [-0.05, 0) is 35.8 Å². The maximum Gasteiger partial charge on any atom is 0.317 e. The third kappa shape index (κ3) is 3.75. The number of carbonyl (C=O) groups excluding carboxylic acids is 1. The molecule has 2 heterocycles. The van der Waals surface area contributed by atoms with E-state index in [1.807, 2.05) is 4.90 Å². The molecule has 2 aliphatic rings. The molecule has 0 bridgehead atoms. The van der Waals surface area contributed by atoms with Crippen molar-refractivity contribution in [2.75, 3.05) is 32.8 Å². The van der Waals surface area contributed by atoms with Crippen LogP contribution in [0, 0.1) is 11.8 Å². The van der Waals surface area contributed by atoms with E-state index in [0.717, 1.165) is 45.7 Å². The van der Waals surface area contributed by atoms with Gasteiger partial charge in [-0.1, -0.05) is 45.0 Å². The van der Waals surface area contributed by atoms with Crippen molar-refractivity contribution in [3.05, 3.63) is 35.4 Å². The smallest absolute Gasteiger partial charge is 0.317 e. The third-order valence-corrected chi connectivity index (χ3v) is 5.60. The van der Waals surface area contributed by atoms with Crippen LogP contribution < -0.4 is 5.32 Å². The molecule has 0 aromatic heterocycles. The van der Waals surface area contributed by atoms with Crippen molar-refractivity contribution in [3.8, 4) is 0 Å². The Labute approximate surface area is 145 Å². The lowest BCUT2D eigenvalue weighted by Crippen LogP contribution is -2.47. The van der Waals surface area contributed by atoms with Gasteiger partial charge in [0.25, 0.3) is 0 Å². The summed E-state index contributed by atoms with van der Waals surface area (Å²) in [5.41, 5.74) is 2.73. The van der Waals surface area contributed by atoms with Gasteiger partial charge < -0.3 is 15.0 Å². The summed E-state index contributed by atoms with van der Waals surface area (Å²) in [7, 11) is 0. The van der Waals surface area contributed by atoms with Gasteiger partial charge in [-0.25, -0.2) is 4.79 Å². The number of hydrogen-bond acceptors (Lipinski definition) is 2. The average Bonchev–Trinajstić information content (AvgIpc) is 2.70. The molecule has 2 aliphatic heterocycles. The Morgan fingerprint density at radius 2 is 2.17 bits per heavy atom. The van der Waals surface area contributed by atoms with E-state index < -0.39 is 0 Å². The maximum atomic E-state index is 12.7. The number of hydrogen-bond donors (Lipinski definition) is 1. The molecule has 0 radical (unpaired) electrons. The highest BCUT2D eigenvalue weighted by Gasteiger charge is 2.32. The molecule has 1 aromatic carbocycles. The van der Waals surface area contributed by atoms with E-state index in [9.17, 15) is 4.79 Å². The van der Waals surface area contributed by atoms with Crippen molar-refractivity contribution in [1.82, 2.24) is 10.2 Å². The molecule has 24 heavy (non-hydrogen) atoms. The lowest BCUT2D eigenvalue weighted by Gasteiger charge is -2.33. The molecule has 4 nitrogen and oxygen atoms in total. The quantitative estimate of drug-likeness (QED) is 0.905. The number of urea groups is 1. The standard InChI is InChI=1S/C20H30N2O2/c1-15-13-24-11-9-17(15)12-21-19(23)22-10-8-16-6-4-5-7-18(16)20(2,3)14-22/h4-7,15,17H,8-14H2,1-3H3,(H,21,23). The molecule has 132 valence electrons. The van der Waals surface area contributed by atoms with Gasteiger partial charge in [-0.3, -0.25) is 0 Å². The van der Waals surface area contributed by atoms with Crippen LogP contribution in [0.25, 0.3) is 0 Å². The monoisotopic (exact) mass is 330 g/mol. The topological polar surface area (TPSA) is 41.6 Å². The number of nitrogens with zero attached hydrogens (tertiary/aromatic N) is 1. The first-order valence-electron chi connectivity index (χ1n) is 9.16. The Hall–Kier alpha value is -1.55. The minimum atomic E-state index is -0.0175. The van der Waals surface area contributed by atoms with Gasteiger partial charge >= 0.3 is 6.03 Å². The van der Waals surface area contributed by atoms with Crippen LogP contribution in [0.3, 0.4) is 0 Å². The summed E-state index contributed by atoms with van der Waals surface area (Å²) in [6, 6.07) is 8.68. The molecule has 1 fully saturated rings. The number of ether oxygens (including phenoxy) is 1. The van der Waals surface area contributed by atoms with Gasteiger partial charge in [-0.15, -0.1) is 0 Å². The summed E-state index contributed by atoms with van der Waals surface area (Å²) in [5, 5.41) is 3.18. The molecule has 4 heteroatoms. The van der Waals surface area contributed by atoms with Crippen LogP contribution >= 0.6 is 0 Å². The first-order valence-corrected chi connectivity index (χ1v) is 9.16. The fourth-order valence-corrected chi connectivity index (χ4v) is 4.03. The van der Waals surface area contributed by atoms with Crippen molar-refractivity contribution in [3.63, 3.8) is 0 Å². The highest BCUT2D eigenvalue weighted by molar-refractivity contribution is 5.74. The number of nitrogens with one attached hydrogen (secondary N) is 1. The predicted octanol–water partition coefficient (Wildman–Crippen LogP) is 3.20. The Bertz CT molecular complexity index is 585. The fourth-order valence-electron chi connectivity index (χ4n) is 4.03. The van der Waals surface area contributed by atoms with E-state index in [2.05, 4.69) is 50.4 Å². The summed E-state index contributed by atoms with van der Waals surface area (Å²) in [6.45, 7) is 10.6. The number of benzene rings is 1. The number of amides is 2. The molecule has 3 rings (SSSR count). The third-order valence-electron chi connectivity index (χ3n) is 5.60. The van der Waals surface area contributed by atoms with E-state index in [4.69, 9.17) is 4.74 Å². The normalized spacial score (nSPS) is 26.4. The SMILES string of the molecule is CC1COCCC1CNC(=O)N1CCc2ccccc2C(C)(C)C1. The van der Waals surface area contributed by atoms with Gasteiger partial charge in [0.15, 0.2) is 0 Å². The van der Waals surface area contributed by atoms with Crippen LogP contribution in [0.5, 0.6) is 0 Å². The van der Waals surface area contributed by atoms with Crippen LogP contribution in [0.15, 0.2) is 24.3 Å². The second-order valence-electron chi connectivity index (χ2n) is 8.00. The molecule has 2 unspecified atom stereocenters. The van der Waals surface area contributed by atoms with E-state index in [1.165, 1.54) is 11.1 Å². The summed E-state index contributed by atoms with van der Waals surface area (Å²) in [5.74, 6) is 1.05. The van der Waals surface area contributed by atoms with Gasteiger partial charge in [-0.2, -0.15) is 0 Å². The van der Waals surface area contributed by atoms with Gasteiger partial charge in [0, 0.05) is 38.3 Å².